The van der Waals surface area contributed by atoms with Gasteiger partial charge < -0.3 is 9.47 Å². The molecular weight excluding hydrogens is 326 g/mol. The Kier molecular flexibility index (Phi) is 6.29. The molecule has 0 aromatic heterocycles. The molecule has 1 fully saturated rings. The molecule has 1 heterocycles. The van der Waals surface area contributed by atoms with Crippen LogP contribution < -0.4 is 9.47 Å². The number of ether oxygens (including phenoxy) is 2. The second-order valence-corrected chi connectivity index (χ2v) is 6.71. The molecule has 0 N–H and O–H groups in total. The first kappa shape index (κ1) is 18.5. The summed E-state index contributed by atoms with van der Waals surface area (Å²) in [4.78, 5) is 15.3. The van der Waals surface area contributed by atoms with Crippen molar-refractivity contribution in [3.8, 4) is 11.5 Å². The third-order valence-corrected chi connectivity index (χ3v) is 4.90. The molecule has 1 saturated heterocycles. The number of para-hydroxylation sites is 1. The van der Waals surface area contributed by atoms with Crippen molar-refractivity contribution >= 4 is 5.78 Å². The minimum Gasteiger partial charge on any atom is -0.497 e. The number of Topliss-reactive ketones (excluding diaryl/α,β-unsaturated/α-hetero) is 1. The molecule has 2 aromatic rings. The Morgan fingerprint density at radius 2 is 2.04 bits per heavy atom. The topological polar surface area (TPSA) is 38.8 Å². The van der Waals surface area contributed by atoms with Crippen LogP contribution in [0.5, 0.6) is 11.5 Å². The van der Waals surface area contributed by atoms with Gasteiger partial charge >= 0.3 is 0 Å². The summed E-state index contributed by atoms with van der Waals surface area (Å²) in [5.74, 6) is 1.92. The lowest BCUT2D eigenvalue weighted by atomic mass is 9.89. The van der Waals surface area contributed by atoms with E-state index in [1.165, 1.54) is 5.56 Å². The summed E-state index contributed by atoms with van der Waals surface area (Å²) in [6, 6.07) is 15.6. The molecule has 1 aliphatic rings. The van der Waals surface area contributed by atoms with Crippen LogP contribution >= 0.6 is 0 Å². The number of benzene rings is 2. The smallest absolute Gasteiger partial charge is 0.167 e. The normalized spacial score (nSPS) is 17.7. The van der Waals surface area contributed by atoms with Crippen LogP contribution in [0.2, 0.25) is 0 Å². The van der Waals surface area contributed by atoms with Crippen LogP contribution in [0.3, 0.4) is 0 Å². The molecule has 0 spiro atoms. The van der Waals surface area contributed by atoms with Crippen LogP contribution in [0.15, 0.2) is 48.5 Å². The molecule has 0 radical (unpaired) electrons. The predicted octanol–water partition coefficient (Wildman–Crippen LogP) is 4.19. The number of methoxy groups -OCH3 is 1. The van der Waals surface area contributed by atoms with E-state index in [-0.39, 0.29) is 11.7 Å². The van der Waals surface area contributed by atoms with Gasteiger partial charge in [0, 0.05) is 30.1 Å². The molecule has 4 nitrogen and oxygen atoms in total. The highest BCUT2D eigenvalue weighted by Gasteiger charge is 2.27. The number of likely N-dealkylation sites (tertiary alicyclic amines) is 1. The Morgan fingerprint density at radius 1 is 1.19 bits per heavy atom. The van der Waals surface area contributed by atoms with Gasteiger partial charge in [0.25, 0.3) is 0 Å². The summed E-state index contributed by atoms with van der Waals surface area (Å²) >= 11 is 0. The van der Waals surface area contributed by atoms with Gasteiger partial charge in [-0.25, -0.2) is 0 Å². The summed E-state index contributed by atoms with van der Waals surface area (Å²) in [6.45, 7) is 5.28. The standard InChI is InChI=1S/C22H27NO3/c1-3-26-21-12-5-4-8-18(21)15-23-13-7-10-19(16-23)22(24)17-9-6-11-20(14-17)25-2/h4-6,8-9,11-12,14,19H,3,7,10,13,15-16H2,1-2H3/t19-/m1/s1. The van der Waals surface area contributed by atoms with Gasteiger partial charge in [-0.1, -0.05) is 30.3 Å². The van der Waals surface area contributed by atoms with E-state index in [9.17, 15) is 4.79 Å². The molecule has 0 amide bonds. The average molecular weight is 353 g/mol. The first-order chi connectivity index (χ1) is 12.7. The van der Waals surface area contributed by atoms with Crippen LogP contribution in [0, 0.1) is 5.92 Å². The van der Waals surface area contributed by atoms with Gasteiger partial charge in [-0.3, -0.25) is 9.69 Å². The predicted molar refractivity (Wildman–Crippen MR) is 103 cm³/mol. The van der Waals surface area contributed by atoms with Gasteiger partial charge in [-0.15, -0.1) is 0 Å². The van der Waals surface area contributed by atoms with E-state index in [0.29, 0.717) is 6.61 Å². The van der Waals surface area contributed by atoms with E-state index in [2.05, 4.69) is 11.0 Å². The molecule has 138 valence electrons. The molecule has 0 saturated carbocycles. The monoisotopic (exact) mass is 353 g/mol. The number of hydrogen-bond acceptors (Lipinski definition) is 4. The molecule has 0 aliphatic carbocycles. The van der Waals surface area contributed by atoms with Crippen molar-refractivity contribution < 1.29 is 14.3 Å². The third-order valence-electron chi connectivity index (χ3n) is 4.90. The maximum atomic E-state index is 12.9. The molecule has 26 heavy (non-hydrogen) atoms. The average Bonchev–Trinajstić information content (AvgIpc) is 2.69. The largest absolute Gasteiger partial charge is 0.497 e. The summed E-state index contributed by atoms with van der Waals surface area (Å²) in [7, 11) is 1.63. The summed E-state index contributed by atoms with van der Waals surface area (Å²) in [6.07, 6.45) is 1.98. The lowest BCUT2D eigenvalue weighted by molar-refractivity contribution is 0.0810. The zero-order chi connectivity index (χ0) is 18.4. The van der Waals surface area contributed by atoms with Crippen molar-refractivity contribution in [1.29, 1.82) is 0 Å². The molecule has 0 bridgehead atoms. The Labute approximate surface area is 155 Å². The number of ketones is 1. The van der Waals surface area contributed by atoms with Crippen molar-refractivity contribution in [3.63, 3.8) is 0 Å². The first-order valence-corrected chi connectivity index (χ1v) is 9.32. The molecule has 1 aliphatic heterocycles. The Balaban J connectivity index is 1.68. The maximum Gasteiger partial charge on any atom is 0.167 e. The SMILES string of the molecule is CCOc1ccccc1CN1CCC[C@@H](C(=O)c2cccc(OC)c2)C1. The molecule has 2 aromatic carbocycles. The molecule has 1 atom stereocenters. The van der Waals surface area contributed by atoms with Gasteiger partial charge in [0.15, 0.2) is 5.78 Å². The highest BCUT2D eigenvalue weighted by molar-refractivity contribution is 5.98. The van der Waals surface area contributed by atoms with Crippen molar-refractivity contribution in [1.82, 2.24) is 4.90 Å². The second-order valence-electron chi connectivity index (χ2n) is 6.71. The van der Waals surface area contributed by atoms with E-state index >= 15 is 0 Å². The van der Waals surface area contributed by atoms with Crippen molar-refractivity contribution in [3.05, 3.63) is 59.7 Å². The van der Waals surface area contributed by atoms with E-state index in [1.807, 2.05) is 49.4 Å². The third kappa shape index (κ3) is 4.44. The fourth-order valence-electron chi connectivity index (χ4n) is 3.60. The second kappa shape index (κ2) is 8.86. The Morgan fingerprint density at radius 3 is 2.85 bits per heavy atom. The minimum absolute atomic E-state index is 0.0371. The Hall–Kier alpha value is -2.33. The van der Waals surface area contributed by atoms with Gasteiger partial charge in [0.05, 0.1) is 13.7 Å². The quantitative estimate of drug-likeness (QED) is 0.700. The number of carbonyl (C=O) groups excluding carboxylic acids is 1. The van der Waals surface area contributed by atoms with Gasteiger partial charge in [0.1, 0.15) is 11.5 Å². The summed E-state index contributed by atoms with van der Waals surface area (Å²) in [5.41, 5.74) is 1.93. The first-order valence-electron chi connectivity index (χ1n) is 9.32. The number of piperidine rings is 1. The number of carbonyl (C=O) groups is 1. The molecule has 4 heteroatoms. The number of nitrogens with zero attached hydrogens (tertiary/aromatic N) is 1. The van der Waals surface area contributed by atoms with Gasteiger partial charge in [-0.2, -0.15) is 0 Å². The zero-order valence-corrected chi connectivity index (χ0v) is 15.6. The summed E-state index contributed by atoms with van der Waals surface area (Å²) in [5, 5.41) is 0. The highest BCUT2D eigenvalue weighted by atomic mass is 16.5. The summed E-state index contributed by atoms with van der Waals surface area (Å²) < 4.78 is 11.0. The van der Waals surface area contributed by atoms with Crippen LogP contribution in [0.25, 0.3) is 0 Å². The lowest BCUT2D eigenvalue weighted by Gasteiger charge is -2.32. The maximum absolute atomic E-state index is 12.9. The van der Waals surface area contributed by atoms with Gasteiger partial charge in [-0.05, 0) is 44.5 Å². The Bertz CT molecular complexity index is 744. The van der Waals surface area contributed by atoms with Crippen LogP contribution in [0.4, 0.5) is 0 Å². The molecule has 3 rings (SSSR count). The molecular formula is C22H27NO3. The molecule has 0 unspecified atom stereocenters. The van der Waals surface area contributed by atoms with E-state index in [0.717, 1.165) is 49.5 Å². The lowest BCUT2D eigenvalue weighted by Crippen LogP contribution is -2.38. The van der Waals surface area contributed by atoms with Crippen molar-refractivity contribution in [2.24, 2.45) is 5.92 Å². The van der Waals surface area contributed by atoms with Crippen LogP contribution in [-0.2, 0) is 6.54 Å². The zero-order valence-electron chi connectivity index (χ0n) is 15.6. The highest BCUT2D eigenvalue weighted by Crippen LogP contribution is 2.26. The van der Waals surface area contributed by atoms with Crippen molar-refractivity contribution in [2.45, 2.75) is 26.3 Å². The van der Waals surface area contributed by atoms with E-state index in [4.69, 9.17) is 9.47 Å². The number of hydrogen-bond donors (Lipinski definition) is 0. The minimum atomic E-state index is 0.0371. The van der Waals surface area contributed by atoms with E-state index in [1.54, 1.807) is 7.11 Å². The van der Waals surface area contributed by atoms with E-state index < -0.39 is 0 Å². The number of rotatable bonds is 7. The fraction of sp³-hybridized carbons (Fsp3) is 0.409. The fourth-order valence-corrected chi connectivity index (χ4v) is 3.60. The van der Waals surface area contributed by atoms with Gasteiger partial charge in [0.2, 0.25) is 0 Å². The van der Waals surface area contributed by atoms with Crippen LogP contribution in [0.1, 0.15) is 35.7 Å². The van der Waals surface area contributed by atoms with Crippen molar-refractivity contribution in [2.75, 3.05) is 26.8 Å². The van der Waals surface area contributed by atoms with Crippen LogP contribution in [-0.4, -0.2) is 37.5 Å².